The number of likely N-dealkylation sites (tertiary alicyclic amines) is 1. The Hall–Kier alpha value is -3.67. The first-order valence-corrected chi connectivity index (χ1v) is 14.8. The molecule has 1 aromatic heterocycles. The van der Waals surface area contributed by atoms with Gasteiger partial charge >= 0.3 is 12.1 Å². The monoisotopic (exact) mass is 601 g/mol. The second kappa shape index (κ2) is 15.2. The summed E-state index contributed by atoms with van der Waals surface area (Å²) in [4.78, 5) is 43.6. The van der Waals surface area contributed by atoms with Gasteiger partial charge in [0.2, 0.25) is 0 Å². The Labute approximate surface area is 254 Å². The number of para-hydroxylation sites is 2. The van der Waals surface area contributed by atoms with Crippen molar-refractivity contribution in [3.8, 4) is 11.4 Å². The number of unbranched alkanes of at least 4 members (excludes halogenated alkanes) is 1. The van der Waals surface area contributed by atoms with Crippen LogP contribution < -0.4 is 4.74 Å². The average Bonchev–Trinajstić information content (AvgIpc) is 3.39. The van der Waals surface area contributed by atoms with Crippen LogP contribution >= 0.6 is 0 Å². The van der Waals surface area contributed by atoms with E-state index in [9.17, 15) is 14.4 Å². The zero-order chi connectivity index (χ0) is 31.7. The van der Waals surface area contributed by atoms with Crippen LogP contribution in [0.2, 0.25) is 0 Å². The minimum atomic E-state index is -0.715. The highest BCUT2D eigenvalue weighted by atomic mass is 16.6. The van der Waals surface area contributed by atoms with Crippen molar-refractivity contribution < 1.29 is 33.3 Å². The van der Waals surface area contributed by atoms with Crippen LogP contribution in [0.4, 0.5) is 4.79 Å². The molecule has 3 rings (SSSR count). The second-order valence-electron chi connectivity index (χ2n) is 12.3. The summed E-state index contributed by atoms with van der Waals surface area (Å²) in [6, 6.07) is 6.97. The Morgan fingerprint density at radius 1 is 1.07 bits per heavy atom. The highest BCUT2D eigenvalue weighted by molar-refractivity contribution is 5.94. The maximum atomic E-state index is 14.4. The van der Waals surface area contributed by atoms with Gasteiger partial charge in [-0.2, -0.15) is 0 Å². The number of benzene rings is 1. The molecule has 1 aliphatic rings. The van der Waals surface area contributed by atoms with Crippen molar-refractivity contribution >= 4 is 18.0 Å². The smallest absolute Gasteiger partial charge is 0.410 e. The van der Waals surface area contributed by atoms with Crippen LogP contribution in [0.3, 0.4) is 0 Å². The maximum absolute atomic E-state index is 14.4. The van der Waals surface area contributed by atoms with Crippen molar-refractivity contribution in [1.82, 2.24) is 24.8 Å². The predicted octanol–water partition coefficient (Wildman–Crippen LogP) is 4.14. The number of amides is 2. The minimum Gasteiger partial charge on any atom is -0.494 e. The summed E-state index contributed by atoms with van der Waals surface area (Å²) in [5.41, 5.74) is 0.845. The summed E-state index contributed by atoms with van der Waals surface area (Å²) >= 11 is 0. The van der Waals surface area contributed by atoms with E-state index in [0.29, 0.717) is 43.1 Å². The molecule has 0 radical (unpaired) electrons. The van der Waals surface area contributed by atoms with E-state index < -0.39 is 29.6 Å². The SMILES string of the molecule is COCCCCc1c(C(=O)N(CC(C)C)[C@H]2C[C@@H](C(=O)OC)CN(C(=O)OC(C)(C)C)C2)nnn1-c1ccccc1OC. The number of hydrogen-bond acceptors (Lipinski definition) is 9. The summed E-state index contributed by atoms with van der Waals surface area (Å²) < 4.78 is 23.2. The van der Waals surface area contributed by atoms with Crippen molar-refractivity contribution in [2.24, 2.45) is 11.8 Å². The Morgan fingerprint density at radius 3 is 2.42 bits per heavy atom. The third-order valence-corrected chi connectivity index (χ3v) is 7.17. The van der Waals surface area contributed by atoms with Crippen LogP contribution in [-0.2, 0) is 25.4 Å². The normalized spacial score (nSPS) is 17.1. The quantitative estimate of drug-likeness (QED) is 0.261. The van der Waals surface area contributed by atoms with Gasteiger partial charge in [-0.05, 0) is 64.5 Å². The van der Waals surface area contributed by atoms with Gasteiger partial charge in [-0.3, -0.25) is 9.59 Å². The molecule has 43 heavy (non-hydrogen) atoms. The summed E-state index contributed by atoms with van der Waals surface area (Å²) in [5, 5.41) is 8.81. The van der Waals surface area contributed by atoms with Gasteiger partial charge in [-0.15, -0.1) is 5.10 Å². The molecular weight excluding hydrogens is 554 g/mol. The van der Waals surface area contributed by atoms with E-state index in [2.05, 4.69) is 10.3 Å². The molecule has 0 spiro atoms. The van der Waals surface area contributed by atoms with E-state index in [1.54, 1.807) is 44.6 Å². The van der Waals surface area contributed by atoms with Crippen molar-refractivity contribution in [2.75, 3.05) is 47.6 Å². The van der Waals surface area contributed by atoms with Crippen LogP contribution in [-0.4, -0.2) is 102 Å². The van der Waals surface area contributed by atoms with E-state index in [-0.39, 0.29) is 30.6 Å². The fourth-order valence-electron chi connectivity index (χ4n) is 5.27. The topological polar surface area (TPSA) is 125 Å². The molecular formula is C31H47N5O7. The van der Waals surface area contributed by atoms with Crippen LogP contribution in [0.5, 0.6) is 5.75 Å². The molecule has 1 aliphatic heterocycles. The molecule has 0 aliphatic carbocycles. The van der Waals surface area contributed by atoms with E-state index in [1.807, 2.05) is 38.1 Å². The van der Waals surface area contributed by atoms with Gasteiger partial charge in [0.15, 0.2) is 5.69 Å². The van der Waals surface area contributed by atoms with E-state index in [0.717, 1.165) is 12.8 Å². The van der Waals surface area contributed by atoms with Gasteiger partial charge < -0.3 is 28.7 Å². The van der Waals surface area contributed by atoms with E-state index >= 15 is 0 Å². The van der Waals surface area contributed by atoms with Gasteiger partial charge in [0.1, 0.15) is 17.0 Å². The lowest BCUT2D eigenvalue weighted by molar-refractivity contribution is -0.148. The number of hydrogen-bond donors (Lipinski definition) is 0. The maximum Gasteiger partial charge on any atom is 0.410 e. The summed E-state index contributed by atoms with van der Waals surface area (Å²) in [6.45, 7) is 10.8. The molecule has 1 saturated heterocycles. The number of carbonyl (C=O) groups excluding carboxylic acids is 3. The van der Waals surface area contributed by atoms with Gasteiger partial charge in [-0.25, -0.2) is 9.48 Å². The second-order valence-corrected chi connectivity index (χ2v) is 12.3. The highest BCUT2D eigenvalue weighted by Gasteiger charge is 2.41. The third-order valence-electron chi connectivity index (χ3n) is 7.17. The number of nitrogens with zero attached hydrogens (tertiary/aromatic N) is 5. The highest BCUT2D eigenvalue weighted by Crippen LogP contribution is 2.29. The molecule has 238 valence electrons. The Bertz CT molecular complexity index is 1240. The van der Waals surface area contributed by atoms with E-state index in [1.165, 1.54) is 12.0 Å². The standard InChI is InChI=1S/C31H47N5O7/c1-21(2)18-35(23-17-22(29(38)42-8)19-34(20-23)30(39)43-31(3,4)5)28(37)27-25(14-11-12-16-40-6)36(33-32-27)24-13-9-10-15-26(24)41-7/h9-10,13,15,21-23H,11-12,14,16-20H2,1-8H3/t22-,23+/m1/s1. The summed E-state index contributed by atoms with van der Waals surface area (Å²) in [6.07, 6.45) is 1.88. The number of carbonyl (C=O) groups is 3. The van der Waals surface area contributed by atoms with Crippen LogP contribution in [0, 0.1) is 11.8 Å². The first-order valence-electron chi connectivity index (χ1n) is 14.8. The molecule has 2 amide bonds. The number of esters is 1. The molecule has 1 aromatic carbocycles. The van der Waals surface area contributed by atoms with Crippen molar-refractivity contribution in [3.05, 3.63) is 35.7 Å². The lowest BCUT2D eigenvalue weighted by Gasteiger charge is -2.42. The Morgan fingerprint density at radius 2 is 1.79 bits per heavy atom. The molecule has 0 unspecified atom stereocenters. The molecule has 1 fully saturated rings. The van der Waals surface area contributed by atoms with Crippen molar-refractivity contribution in [2.45, 2.75) is 71.9 Å². The molecule has 12 heteroatoms. The lowest BCUT2D eigenvalue weighted by Crippen LogP contribution is -2.57. The van der Waals surface area contributed by atoms with Crippen molar-refractivity contribution in [3.63, 3.8) is 0 Å². The fourth-order valence-corrected chi connectivity index (χ4v) is 5.27. The van der Waals surface area contributed by atoms with Crippen LogP contribution in [0.15, 0.2) is 24.3 Å². The van der Waals surface area contributed by atoms with Gasteiger partial charge in [0.05, 0.1) is 31.9 Å². The third kappa shape index (κ3) is 8.92. The lowest BCUT2D eigenvalue weighted by atomic mass is 9.92. The average molecular weight is 602 g/mol. The Balaban J connectivity index is 2.04. The number of rotatable bonds is 12. The molecule has 0 N–H and O–H groups in total. The number of aromatic nitrogens is 3. The zero-order valence-electron chi connectivity index (χ0n) is 26.8. The zero-order valence-corrected chi connectivity index (χ0v) is 26.8. The molecule has 0 saturated carbocycles. The van der Waals surface area contributed by atoms with E-state index in [4.69, 9.17) is 18.9 Å². The molecule has 0 bridgehead atoms. The van der Waals surface area contributed by atoms with Gasteiger partial charge in [-0.1, -0.05) is 31.2 Å². The number of methoxy groups -OCH3 is 3. The molecule has 2 heterocycles. The fraction of sp³-hybridized carbons (Fsp3) is 0.645. The first-order chi connectivity index (χ1) is 20.4. The van der Waals surface area contributed by atoms with Gasteiger partial charge in [0.25, 0.3) is 5.91 Å². The summed E-state index contributed by atoms with van der Waals surface area (Å²) in [7, 11) is 4.57. The summed E-state index contributed by atoms with van der Waals surface area (Å²) in [5.74, 6) is -0.652. The first kappa shape index (κ1) is 33.8. The molecule has 12 nitrogen and oxygen atoms in total. The molecule has 2 aromatic rings. The minimum absolute atomic E-state index is 0.104. The van der Waals surface area contributed by atoms with Crippen molar-refractivity contribution in [1.29, 1.82) is 0 Å². The largest absolute Gasteiger partial charge is 0.494 e. The van der Waals surface area contributed by atoms with Crippen LogP contribution in [0.25, 0.3) is 5.69 Å². The predicted molar refractivity (Wildman–Crippen MR) is 160 cm³/mol. The van der Waals surface area contributed by atoms with Gasteiger partial charge in [0, 0.05) is 33.4 Å². The Kier molecular flexibility index (Phi) is 11.9. The number of piperidine rings is 1. The molecule has 2 atom stereocenters. The van der Waals surface area contributed by atoms with Crippen LogP contribution in [0.1, 0.15) is 70.1 Å². The number of ether oxygens (including phenoxy) is 4.